The van der Waals surface area contributed by atoms with E-state index < -0.39 is 0 Å². The standard InChI is InChI=1S/C16H19NO/c1-12(17)14-8-10-16(11-9-14)18-13(2)15-6-4-3-5-7-15/h3-13H,17H2,1-2H3/t12-,13-/m0/s1. The zero-order valence-electron chi connectivity index (χ0n) is 10.8. The molecule has 2 heteroatoms. The average Bonchev–Trinajstić information content (AvgIpc) is 2.40. The predicted molar refractivity (Wildman–Crippen MR) is 74.5 cm³/mol. The van der Waals surface area contributed by atoms with Crippen molar-refractivity contribution < 1.29 is 4.74 Å². The summed E-state index contributed by atoms with van der Waals surface area (Å²) in [5, 5.41) is 0. The summed E-state index contributed by atoms with van der Waals surface area (Å²) < 4.78 is 5.89. The molecule has 0 aliphatic heterocycles. The molecule has 0 radical (unpaired) electrons. The second-order valence-corrected chi connectivity index (χ2v) is 4.53. The molecule has 2 rings (SSSR count). The zero-order chi connectivity index (χ0) is 13.0. The van der Waals surface area contributed by atoms with Crippen LogP contribution in [0.25, 0.3) is 0 Å². The van der Waals surface area contributed by atoms with Crippen molar-refractivity contribution in [3.8, 4) is 5.75 Å². The van der Waals surface area contributed by atoms with Crippen LogP contribution in [-0.4, -0.2) is 0 Å². The summed E-state index contributed by atoms with van der Waals surface area (Å²) in [5.74, 6) is 0.871. The van der Waals surface area contributed by atoms with Gasteiger partial charge in [-0.05, 0) is 37.1 Å². The lowest BCUT2D eigenvalue weighted by Gasteiger charge is -2.15. The first-order valence-electron chi connectivity index (χ1n) is 6.24. The van der Waals surface area contributed by atoms with Gasteiger partial charge in [0.1, 0.15) is 11.9 Å². The number of ether oxygens (including phenoxy) is 1. The smallest absolute Gasteiger partial charge is 0.121 e. The Labute approximate surface area is 108 Å². The maximum Gasteiger partial charge on any atom is 0.121 e. The first kappa shape index (κ1) is 12.7. The van der Waals surface area contributed by atoms with E-state index >= 15 is 0 Å². The van der Waals surface area contributed by atoms with Crippen molar-refractivity contribution >= 4 is 0 Å². The highest BCUT2D eigenvalue weighted by Gasteiger charge is 2.06. The SMILES string of the molecule is C[C@H](N)c1ccc(O[C@@H](C)c2ccccc2)cc1. The molecule has 0 aromatic heterocycles. The molecule has 0 aliphatic rings. The van der Waals surface area contributed by atoms with E-state index in [9.17, 15) is 0 Å². The monoisotopic (exact) mass is 241 g/mol. The Bertz CT molecular complexity index is 476. The van der Waals surface area contributed by atoms with Crippen LogP contribution in [0.1, 0.15) is 37.1 Å². The largest absolute Gasteiger partial charge is 0.486 e. The van der Waals surface area contributed by atoms with Crippen LogP contribution in [0.3, 0.4) is 0 Å². The van der Waals surface area contributed by atoms with Crippen molar-refractivity contribution in [2.45, 2.75) is 26.0 Å². The molecule has 2 N–H and O–H groups in total. The van der Waals surface area contributed by atoms with E-state index in [-0.39, 0.29) is 12.1 Å². The van der Waals surface area contributed by atoms with Gasteiger partial charge in [0, 0.05) is 6.04 Å². The molecule has 2 atom stereocenters. The quantitative estimate of drug-likeness (QED) is 0.882. The van der Waals surface area contributed by atoms with Gasteiger partial charge in [-0.2, -0.15) is 0 Å². The third kappa shape index (κ3) is 3.11. The van der Waals surface area contributed by atoms with Gasteiger partial charge in [-0.1, -0.05) is 42.5 Å². The van der Waals surface area contributed by atoms with E-state index in [0.29, 0.717) is 0 Å². The van der Waals surface area contributed by atoms with Gasteiger partial charge in [0.2, 0.25) is 0 Å². The predicted octanol–water partition coefficient (Wildman–Crippen LogP) is 3.85. The summed E-state index contributed by atoms with van der Waals surface area (Å²) in [4.78, 5) is 0. The van der Waals surface area contributed by atoms with Crippen LogP contribution >= 0.6 is 0 Å². The Morgan fingerprint density at radius 2 is 1.44 bits per heavy atom. The number of benzene rings is 2. The molecule has 0 spiro atoms. The van der Waals surface area contributed by atoms with Gasteiger partial charge >= 0.3 is 0 Å². The zero-order valence-corrected chi connectivity index (χ0v) is 10.8. The summed E-state index contributed by atoms with van der Waals surface area (Å²) >= 11 is 0. The molecule has 2 nitrogen and oxygen atoms in total. The molecule has 2 aromatic carbocycles. The summed E-state index contributed by atoms with van der Waals surface area (Å²) in [6, 6.07) is 18.2. The maximum absolute atomic E-state index is 5.89. The van der Waals surface area contributed by atoms with Crippen LogP contribution in [0.4, 0.5) is 0 Å². The van der Waals surface area contributed by atoms with E-state index in [1.807, 2.05) is 49.4 Å². The Balaban J connectivity index is 2.05. The Hall–Kier alpha value is -1.80. The fourth-order valence-corrected chi connectivity index (χ4v) is 1.85. The van der Waals surface area contributed by atoms with E-state index in [1.165, 1.54) is 5.56 Å². The summed E-state index contributed by atoms with van der Waals surface area (Å²) in [7, 11) is 0. The normalized spacial score (nSPS) is 13.9. The van der Waals surface area contributed by atoms with Crippen molar-refractivity contribution in [3.05, 3.63) is 65.7 Å². The Morgan fingerprint density at radius 1 is 0.833 bits per heavy atom. The second kappa shape index (κ2) is 5.69. The molecular weight excluding hydrogens is 222 g/mol. The van der Waals surface area contributed by atoms with Crippen molar-refractivity contribution in [1.82, 2.24) is 0 Å². The summed E-state index contributed by atoms with van der Waals surface area (Å²) in [6.07, 6.45) is 0.0485. The van der Waals surface area contributed by atoms with Crippen LogP contribution in [0.15, 0.2) is 54.6 Å². The highest BCUT2D eigenvalue weighted by Crippen LogP contribution is 2.22. The van der Waals surface area contributed by atoms with Crippen LogP contribution in [0.2, 0.25) is 0 Å². The molecular formula is C16H19NO. The Morgan fingerprint density at radius 3 is 2.00 bits per heavy atom. The average molecular weight is 241 g/mol. The van der Waals surface area contributed by atoms with Crippen LogP contribution < -0.4 is 10.5 Å². The first-order valence-corrected chi connectivity index (χ1v) is 6.24. The number of nitrogens with two attached hydrogens (primary N) is 1. The minimum Gasteiger partial charge on any atom is -0.486 e. The second-order valence-electron chi connectivity index (χ2n) is 4.53. The fourth-order valence-electron chi connectivity index (χ4n) is 1.85. The van der Waals surface area contributed by atoms with Gasteiger partial charge in [-0.3, -0.25) is 0 Å². The summed E-state index contributed by atoms with van der Waals surface area (Å²) in [6.45, 7) is 4.03. The van der Waals surface area contributed by atoms with Crippen LogP contribution in [0.5, 0.6) is 5.75 Å². The van der Waals surface area contributed by atoms with Crippen molar-refractivity contribution in [2.75, 3.05) is 0 Å². The molecule has 0 saturated heterocycles. The molecule has 0 aliphatic carbocycles. The molecule has 0 heterocycles. The van der Waals surface area contributed by atoms with E-state index in [1.54, 1.807) is 0 Å². The lowest BCUT2D eigenvalue weighted by atomic mass is 10.1. The minimum atomic E-state index is 0.0485. The lowest BCUT2D eigenvalue weighted by molar-refractivity contribution is 0.227. The lowest BCUT2D eigenvalue weighted by Crippen LogP contribution is -2.05. The fraction of sp³-hybridized carbons (Fsp3) is 0.250. The number of rotatable bonds is 4. The van der Waals surface area contributed by atoms with Crippen molar-refractivity contribution in [3.63, 3.8) is 0 Å². The van der Waals surface area contributed by atoms with E-state index in [4.69, 9.17) is 10.5 Å². The van der Waals surface area contributed by atoms with Gasteiger partial charge in [0.25, 0.3) is 0 Å². The summed E-state index contributed by atoms with van der Waals surface area (Å²) in [5.41, 5.74) is 8.11. The maximum atomic E-state index is 5.89. The molecule has 0 fully saturated rings. The van der Waals surface area contributed by atoms with Gasteiger partial charge in [-0.25, -0.2) is 0 Å². The molecule has 0 unspecified atom stereocenters. The van der Waals surface area contributed by atoms with Crippen LogP contribution in [-0.2, 0) is 0 Å². The third-order valence-electron chi connectivity index (χ3n) is 2.99. The van der Waals surface area contributed by atoms with Gasteiger partial charge in [0.15, 0.2) is 0 Å². The van der Waals surface area contributed by atoms with Gasteiger partial charge in [-0.15, -0.1) is 0 Å². The van der Waals surface area contributed by atoms with Crippen molar-refractivity contribution in [1.29, 1.82) is 0 Å². The van der Waals surface area contributed by atoms with Gasteiger partial charge < -0.3 is 10.5 Å². The van der Waals surface area contributed by atoms with E-state index in [0.717, 1.165) is 11.3 Å². The van der Waals surface area contributed by atoms with Crippen molar-refractivity contribution in [2.24, 2.45) is 5.73 Å². The van der Waals surface area contributed by atoms with E-state index in [2.05, 4.69) is 19.1 Å². The number of hydrogen-bond donors (Lipinski definition) is 1. The highest BCUT2D eigenvalue weighted by atomic mass is 16.5. The molecule has 94 valence electrons. The molecule has 0 bridgehead atoms. The first-order chi connectivity index (χ1) is 8.66. The Kier molecular flexibility index (Phi) is 4.00. The molecule has 2 aromatic rings. The molecule has 0 saturated carbocycles. The van der Waals surface area contributed by atoms with Crippen LogP contribution in [0, 0.1) is 0 Å². The number of hydrogen-bond acceptors (Lipinski definition) is 2. The molecule has 18 heavy (non-hydrogen) atoms. The third-order valence-corrected chi connectivity index (χ3v) is 2.99. The molecule has 0 amide bonds. The highest BCUT2D eigenvalue weighted by molar-refractivity contribution is 5.29. The minimum absolute atomic E-state index is 0.0485. The topological polar surface area (TPSA) is 35.2 Å². The van der Waals surface area contributed by atoms with Gasteiger partial charge in [0.05, 0.1) is 0 Å².